The van der Waals surface area contributed by atoms with E-state index in [1.807, 2.05) is 54.2 Å². The Hall–Kier alpha value is -3.47. The number of hydrogen-bond donors (Lipinski definition) is 2. The fourth-order valence-corrected chi connectivity index (χ4v) is 5.58. The van der Waals surface area contributed by atoms with Crippen molar-refractivity contribution in [1.82, 2.24) is 19.7 Å². The van der Waals surface area contributed by atoms with Gasteiger partial charge in [0.1, 0.15) is 6.54 Å². The number of sulfonamides is 1. The number of hydrazine groups is 1. The van der Waals surface area contributed by atoms with Gasteiger partial charge in [0, 0.05) is 39.7 Å². The van der Waals surface area contributed by atoms with Gasteiger partial charge in [-0.2, -0.15) is 0 Å². The molecule has 0 spiro atoms. The molecule has 0 radical (unpaired) electrons. The molecule has 3 aromatic carbocycles. The van der Waals surface area contributed by atoms with Gasteiger partial charge in [-0.05, 0) is 42.0 Å². The van der Waals surface area contributed by atoms with Gasteiger partial charge in [-0.3, -0.25) is 15.0 Å². The van der Waals surface area contributed by atoms with Crippen molar-refractivity contribution in [3.63, 3.8) is 0 Å². The monoisotopic (exact) mass is 552 g/mol. The first-order valence-electron chi connectivity index (χ1n) is 10.8. The maximum absolute atomic E-state index is 13.3. The van der Waals surface area contributed by atoms with Crippen LogP contribution in [-0.2, 0) is 21.9 Å². The summed E-state index contributed by atoms with van der Waals surface area (Å²) in [4.78, 5) is 29.7. The number of carbonyl (C=O) groups is 2. The van der Waals surface area contributed by atoms with Gasteiger partial charge < -0.3 is 9.47 Å². The number of carbonyl (C=O) groups excluding carboxylic acids is 2. The summed E-state index contributed by atoms with van der Waals surface area (Å²) < 4.78 is 27.8. The molecular formula is C25H21BrN4O4S. The molecule has 10 heteroatoms. The number of halogens is 1. The molecule has 35 heavy (non-hydrogen) atoms. The van der Waals surface area contributed by atoms with Gasteiger partial charge in [-0.25, -0.2) is 8.42 Å². The minimum absolute atomic E-state index is 0.000661. The van der Waals surface area contributed by atoms with E-state index in [9.17, 15) is 18.0 Å². The molecule has 2 amide bonds. The van der Waals surface area contributed by atoms with Gasteiger partial charge in [0.2, 0.25) is 0 Å². The van der Waals surface area contributed by atoms with E-state index in [1.54, 1.807) is 24.3 Å². The van der Waals surface area contributed by atoms with Crippen molar-refractivity contribution in [2.75, 3.05) is 6.54 Å². The molecule has 2 heterocycles. The van der Waals surface area contributed by atoms with Crippen LogP contribution in [0.15, 0.2) is 88.4 Å². The lowest BCUT2D eigenvalue weighted by molar-refractivity contribution is -0.122. The maximum atomic E-state index is 13.3. The van der Waals surface area contributed by atoms with Crippen LogP contribution in [0.4, 0.5) is 0 Å². The highest BCUT2D eigenvalue weighted by Gasteiger charge is 2.39. The number of amides is 2. The molecule has 5 rings (SSSR count). The maximum Gasteiger partial charge on any atom is 0.257 e. The SMILES string of the molecule is Cn1cc(C2c3ccccc3C(=O)N2CC(=O)NNS(=O)(=O)c2ccc(Br)cc2)c2ccccc21. The van der Waals surface area contributed by atoms with Crippen LogP contribution in [0.25, 0.3) is 10.9 Å². The quantitative estimate of drug-likeness (QED) is 0.357. The van der Waals surface area contributed by atoms with Gasteiger partial charge in [-0.15, -0.1) is 4.83 Å². The van der Waals surface area contributed by atoms with Crippen LogP contribution in [0, 0.1) is 0 Å². The zero-order valence-corrected chi connectivity index (χ0v) is 21.0. The summed E-state index contributed by atoms with van der Waals surface area (Å²) >= 11 is 3.26. The molecule has 1 aromatic heterocycles. The van der Waals surface area contributed by atoms with Crippen molar-refractivity contribution >= 4 is 48.7 Å². The van der Waals surface area contributed by atoms with E-state index in [0.717, 1.165) is 26.5 Å². The lowest BCUT2D eigenvalue weighted by Gasteiger charge is -2.25. The largest absolute Gasteiger partial charge is 0.350 e. The molecular weight excluding hydrogens is 532 g/mol. The number of aryl methyl sites for hydroxylation is 1. The first-order chi connectivity index (χ1) is 16.8. The predicted molar refractivity (Wildman–Crippen MR) is 135 cm³/mol. The summed E-state index contributed by atoms with van der Waals surface area (Å²) in [5.74, 6) is -0.943. The molecule has 1 aliphatic rings. The molecule has 2 N–H and O–H groups in total. The number of nitrogens with one attached hydrogen (secondary N) is 2. The Kier molecular flexibility index (Phi) is 5.96. The third-order valence-corrected chi connectivity index (χ3v) is 7.84. The van der Waals surface area contributed by atoms with Crippen LogP contribution in [-0.4, -0.2) is 36.2 Å². The van der Waals surface area contributed by atoms with Gasteiger partial charge in [0.25, 0.3) is 21.8 Å². The van der Waals surface area contributed by atoms with Crippen molar-refractivity contribution in [2.45, 2.75) is 10.9 Å². The molecule has 8 nitrogen and oxygen atoms in total. The topological polar surface area (TPSA) is 101 Å². The second-order valence-electron chi connectivity index (χ2n) is 8.24. The molecule has 0 saturated carbocycles. The Bertz CT molecular complexity index is 1560. The predicted octanol–water partition coefficient (Wildman–Crippen LogP) is 3.50. The molecule has 0 saturated heterocycles. The van der Waals surface area contributed by atoms with Crippen molar-refractivity contribution in [3.05, 3.63) is 100 Å². The Labute approximate surface area is 210 Å². The standard InChI is InChI=1S/C25H21BrN4O4S/c1-29-14-21(18-6-4-5-9-22(18)29)24-19-7-2-3-8-20(19)25(32)30(24)15-23(31)27-28-35(33,34)17-12-10-16(26)11-13-17/h2-14,24,28H,15H2,1H3,(H,27,31). The fraction of sp³-hybridized carbons (Fsp3) is 0.120. The van der Waals surface area contributed by atoms with E-state index in [1.165, 1.54) is 17.0 Å². The smallest absolute Gasteiger partial charge is 0.257 e. The number of aromatic nitrogens is 1. The third kappa shape index (κ3) is 4.24. The van der Waals surface area contributed by atoms with Crippen LogP contribution in [0.3, 0.4) is 0 Å². The Morgan fingerprint density at radius 1 is 0.971 bits per heavy atom. The molecule has 0 fully saturated rings. The van der Waals surface area contributed by atoms with Crippen LogP contribution in [0.5, 0.6) is 0 Å². The number of para-hydroxylation sites is 1. The van der Waals surface area contributed by atoms with E-state index in [2.05, 4.69) is 26.2 Å². The molecule has 0 bridgehead atoms. The zero-order valence-electron chi connectivity index (χ0n) is 18.6. The van der Waals surface area contributed by atoms with Crippen LogP contribution >= 0.6 is 15.9 Å². The molecule has 0 aliphatic carbocycles. The summed E-state index contributed by atoms with van der Waals surface area (Å²) in [6.45, 7) is -0.329. The highest BCUT2D eigenvalue weighted by Crippen LogP contribution is 2.41. The zero-order chi connectivity index (χ0) is 24.7. The number of hydrogen-bond acceptors (Lipinski definition) is 4. The van der Waals surface area contributed by atoms with Crippen molar-refractivity contribution < 1.29 is 18.0 Å². The summed E-state index contributed by atoms with van der Waals surface area (Å²) in [6, 6.07) is 20.6. The van der Waals surface area contributed by atoms with Crippen molar-refractivity contribution in [3.8, 4) is 0 Å². The second-order valence-corrected chi connectivity index (χ2v) is 10.8. The van der Waals surface area contributed by atoms with E-state index in [0.29, 0.717) is 5.56 Å². The van der Waals surface area contributed by atoms with Crippen LogP contribution in [0.1, 0.15) is 27.5 Å². The molecule has 4 aromatic rings. The highest BCUT2D eigenvalue weighted by molar-refractivity contribution is 9.10. The first kappa shape index (κ1) is 23.3. The minimum Gasteiger partial charge on any atom is -0.350 e. The van der Waals surface area contributed by atoms with E-state index < -0.39 is 22.0 Å². The van der Waals surface area contributed by atoms with E-state index in [-0.39, 0.29) is 17.3 Å². The van der Waals surface area contributed by atoms with Gasteiger partial charge in [0.15, 0.2) is 0 Å². The average molecular weight is 553 g/mol. The number of benzene rings is 3. The first-order valence-corrected chi connectivity index (χ1v) is 13.0. The number of fused-ring (bicyclic) bond motifs is 2. The van der Waals surface area contributed by atoms with E-state index in [4.69, 9.17) is 0 Å². The van der Waals surface area contributed by atoms with Gasteiger partial charge in [0.05, 0.1) is 10.9 Å². The Morgan fingerprint density at radius 3 is 2.43 bits per heavy atom. The Balaban J connectivity index is 1.42. The summed E-state index contributed by atoms with van der Waals surface area (Å²) in [5.41, 5.74) is 5.46. The van der Waals surface area contributed by atoms with Crippen LogP contribution < -0.4 is 10.3 Å². The molecule has 1 unspecified atom stereocenters. The lowest BCUT2D eigenvalue weighted by atomic mass is 9.97. The van der Waals surface area contributed by atoms with Crippen LogP contribution in [0.2, 0.25) is 0 Å². The summed E-state index contributed by atoms with van der Waals surface area (Å²) in [5, 5.41) is 0.978. The number of nitrogens with zero attached hydrogens (tertiary/aromatic N) is 2. The number of rotatable bonds is 6. The van der Waals surface area contributed by atoms with Crippen molar-refractivity contribution in [1.29, 1.82) is 0 Å². The van der Waals surface area contributed by atoms with Gasteiger partial charge >= 0.3 is 0 Å². The third-order valence-electron chi connectivity index (χ3n) is 6.04. The highest BCUT2D eigenvalue weighted by atomic mass is 79.9. The average Bonchev–Trinajstić information content (AvgIpc) is 3.32. The van der Waals surface area contributed by atoms with Gasteiger partial charge in [-0.1, -0.05) is 52.3 Å². The molecule has 1 atom stereocenters. The minimum atomic E-state index is -3.97. The summed E-state index contributed by atoms with van der Waals surface area (Å²) in [6.07, 6.45) is 1.96. The normalized spacial score (nSPS) is 15.4. The van der Waals surface area contributed by atoms with E-state index >= 15 is 0 Å². The fourth-order valence-electron chi connectivity index (χ4n) is 4.45. The lowest BCUT2D eigenvalue weighted by Crippen LogP contribution is -2.47. The second kappa shape index (κ2) is 8.95. The Morgan fingerprint density at radius 2 is 1.66 bits per heavy atom. The summed E-state index contributed by atoms with van der Waals surface area (Å²) in [7, 11) is -2.04. The molecule has 178 valence electrons. The molecule has 1 aliphatic heterocycles. The van der Waals surface area contributed by atoms with Crippen molar-refractivity contribution in [2.24, 2.45) is 7.05 Å².